The van der Waals surface area contributed by atoms with Gasteiger partial charge in [0.25, 0.3) is 0 Å². The second-order valence-electron chi connectivity index (χ2n) is 13.1. The van der Waals surface area contributed by atoms with Crippen LogP contribution >= 0.6 is 0 Å². The number of hydrogen-bond acceptors (Lipinski definition) is 11. The smallest absolute Gasteiger partial charge is 0.486 e. The maximum absolute atomic E-state index is 13.7. The lowest BCUT2D eigenvalue weighted by atomic mass is 9.93. The number of aryl methyl sites for hydroxylation is 1. The molecule has 1 heterocycles. The highest BCUT2D eigenvalue weighted by atomic mass is 16.8. The first-order valence-electron chi connectivity index (χ1n) is 17.2. The second kappa shape index (κ2) is 19.8. The van der Waals surface area contributed by atoms with Gasteiger partial charge in [-0.1, -0.05) is 35.9 Å². The zero-order chi connectivity index (χ0) is 38.4. The van der Waals surface area contributed by atoms with Gasteiger partial charge in [0, 0.05) is 44.7 Å². The maximum atomic E-state index is 13.7. The Kier molecular flexibility index (Phi) is 15.7. The predicted octanol–water partition coefficient (Wildman–Crippen LogP) is 4.79. The van der Waals surface area contributed by atoms with Gasteiger partial charge in [-0.2, -0.15) is 0 Å². The average molecular weight is 724 g/mol. The van der Waals surface area contributed by atoms with Crippen molar-refractivity contribution in [2.45, 2.75) is 85.2 Å². The minimum Gasteiger partial charge on any atom is -0.486 e. The number of carbonyl (C=O) groups excluding carboxylic acids is 6. The fourth-order valence-corrected chi connectivity index (χ4v) is 5.44. The summed E-state index contributed by atoms with van der Waals surface area (Å²) in [6.45, 7) is 12.5. The summed E-state index contributed by atoms with van der Waals surface area (Å²) >= 11 is 0. The number of primary amides is 1. The van der Waals surface area contributed by atoms with Crippen LogP contribution < -0.4 is 20.5 Å². The number of esters is 1. The molecule has 0 spiro atoms. The van der Waals surface area contributed by atoms with E-state index >= 15 is 0 Å². The van der Waals surface area contributed by atoms with Crippen LogP contribution in [0.5, 0.6) is 11.5 Å². The molecule has 0 aromatic heterocycles. The Balaban J connectivity index is 1.71. The van der Waals surface area contributed by atoms with Crippen molar-refractivity contribution in [3.8, 4) is 11.5 Å². The third-order valence-corrected chi connectivity index (χ3v) is 8.12. The third kappa shape index (κ3) is 13.7. The zero-order valence-corrected chi connectivity index (χ0v) is 30.4. The number of rotatable bonds is 17. The Morgan fingerprint density at radius 3 is 2.17 bits per heavy atom. The van der Waals surface area contributed by atoms with Crippen molar-refractivity contribution in [3.63, 3.8) is 0 Å². The SMILES string of the molecule is C=C(C)C[C@H](CC(=O)COc1ccccc1C)C(=O)N[C@@H](Cc1ccc(OC(=O)N2CCC(C(N)=O)CC2)cc1)C(=O)OC(C)OC(=O)OC(C)C. The fourth-order valence-electron chi connectivity index (χ4n) is 5.44. The number of nitrogens with one attached hydrogen (secondary N) is 1. The van der Waals surface area contributed by atoms with Gasteiger partial charge < -0.3 is 39.6 Å². The van der Waals surface area contributed by atoms with Gasteiger partial charge in [0.2, 0.25) is 18.1 Å². The van der Waals surface area contributed by atoms with Crippen LogP contribution in [0.25, 0.3) is 0 Å². The summed E-state index contributed by atoms with van der Waals surface area (Å²) in [5.41, 5.74) is 7.46. The number of allylic oxidation sites excluding steroid dienone is 1. The number of nitrogens with zero attached hydrogens (tertiary/aromatic N) is 1. The van der Waals surface area contributed by atoms with Crippen LogP contribution in [0.15, 0.2) is 60.7 Å². The lowest BCUT2D eigenvalue weighted by Crippen LogP contribution is -2.47. The largest absolute Gasteiger partial charge is 0.511 e. The molecule has 2 aromatic rings. The van der Waals surface area contributed by atoms with Crippen molar-refractivity contribution in [2.75, 3.05) is 19.7 Å². The summed E-state index contributed by atoms with van der Waals surface area (Å²) in [5.74, 6) is -2.56. The van der Waals surface area contributed by atoms with Crippen LogP contribution in [0.4, 0.5) is 9.59 Å². The van der Waals surface area contributed by atoms with Gasteiger partial charge in [-0.25, -0.2) is 14.4 Å². The molecule has 1 aliphatic heterocycles. The molecule has 52 heavy (non-hydrogen) atoms. The molecular weight excluding hydrogens is 674 g/mol. The monoisotopic (exact) mass is 723 g/mol. The standard InChI is InChI=1S/C38H49N3O11/c1-23(2)19-29(21-30(42)22-48-33-10-8-7-9-25(33)5)35(44)40-32(36(45)50-26(6)51-38(47)49-24(3)4)20-27-11-13-31(14-12-27)52-37(46)41-17-15-28(16-18-41)34(39)43/h7-14,24,26,28-29,32H,1,15-22H2,2-6H3,(H2,39,43)(H,40,44)/t26?,29-,32+/m1/s1. The summed E-state index contributed by atoms with van der Waals surface area (Å²) in [6.07, 6.45) is -2.57. The summed E-state index contributed by atoms with van der Waals surface area (Å²) < 4.78 is 26.5. The van der Waals surface area contributed by atoms with E-state index in [4.69, 9.17) is 29.4 Å². The van der Waals surface area contributed by atoms with Gasteiger partial charge in [-0.15, -0.1) is 6.58 Å². The molecule has 0 aliphatic carbocycles. The van der Waals surface area contributed by atoms with E-state index in [1.807, 2.05) is 19.1 Å². The number of benzene rings is 2. The number of ketones is 1. The normalized spacial score (nSPS) is 14.7. The Morgan fingerprint density at radius 2 is 1.58 bits per heavy atom. The van der Waals surface area contributed by atoms with Gasteiger partial charge in [0.1, 0.15) is 24.1 Å². The Bertz CT molecular complexity index is 1580. The number of Topliss-reactive ketones (excluding diaryl/α,β-unsaturated/α-hetero) is 1. The molecule has 0 bridgehead atoms. The van der Waals surface area contributed by atoms with E-state index < -0.39 is 48.5 Å². The second-order valence-corrected chi connectivity index (χ2v) is 13.1. The van der Waals surface area contributed by atoms with E-state index in [1.165, 1.54) is 24.0 Å². The van der Waals surface area contributed by atoms with Crippen LogP contribution in [0, 0.1) is 18.8 Å². The summed E-state index contributed by atoms with van der Waals surface area (Å²) in [6, 6.07) is 12.3. The Hall–Kier alpha value is -5.40. The molecule has 1 fully saturated rings. The first kappa shape index (κ1) is 41.0. The molecule has 0 saturated carbocycles. The minimum atomic E-state index is -1.35. The first-order valence-corrected chi connectivity index (χ1v) is 17.2. The molecule has 282 valence electrons. The minimum absolute atomic E-state index is 0.0628. The highest BCUT2D eigenvalue weighted by Crippen LogP contribution is 2.22. The molecule has 3 atom stereocenters. The van der Waals surface area contributed by atoms with Crippen molar-refractivity contribution in [1.29, 1.82) is 0 Å². The van der Waals surface area contributed by atoms with Gasteiger partial charge in [0.05, 0.1) is 6.10 Å². The number of piperidine rings is 1. The van der Waals surface area contributed by atoms with Gasteiger partial charge in [-0.3, -0.25) is 14.4 Å². The molecule has 1 saturated heterocycles. The Morgan fingerprint density at radius 1 is 0.923 bits per heavy atom. The zero-order valence-electron chi connectivity index (χ0n) is 30.4. The van der Waals surface area contributed by atoms with Crippen LogP contribution in [0.1, 0.15) is 64.5 Å². The van der Waals surface area contributed by atoms with Crippen LogP contribution in [-0.4, -0.2) is 78.8 Å². The molecule has 3 amide bonds. The molecule has 3 rings (SSSR count). The van der Waals surface area contributed by atoms with Gasteiger partial charge >= 0.3 is 18.2 Å². The molecule has 1 aliphatic rings. The highest BCUT2D eigenvalue weighted by molar-refractivity contribution is 5.90. The number of para-hydroxylation sites is 1. The van der Waals surface area contributed by atoms with Crippen molar-refractivity contribution < 1.29 is 52.5 Å². The van der Waals surface area contributed by atoms with Crippen LogP contribution in [0.3, 0.4) is 0 Å². The van der Waals surface area contributed by atoms with E-state index in [0.717, 1.165) is 5.56 Å². The number of amides is 3. The van der Waals surface area contributed by atoms with E-state index in [0.29, 0.717) is 42.8 Å². The van der Waals surface area contributed by atoms with E-state index in [2.05, 4.69) is 11.9 Å². The van der Waals surface area contributed by atoms with Crippen molar-refractivity contribution in [1.82, 2.24) is 10.2 Å². The molecule has 2 aromatic carbocycles. The molecule has 14 nitrogen and oxygen atoms in total. The Labute approximate surface area is 303 Å². The molecule has 1 unspecified atom stereocenters. The lowest BCUT2D eigenvalue weighted by Gasteiger charge is -2.29. The number of hydrogen-bond donors (Lipinski definition) is 2. The number of likely N-dealkylation sites (tertiary alicyclic amines) is 1. The average Bonchev–Trinajstić information content (AvgIpc) is 3.07. The topological polar surface area (TPSA) is 190 Å². The first-order chi connectivity index (χ1) is 24.6. The van der Waals surface area contributed by atoms with Gasteiger partial charge in [-0.05, 0) is 76.3 Å². The number of nitrogens with two attached hydrogens (primary N) is 1. The van der Waals surface area contributed by atoms with E-state index in [-0.39, 0.29) is 49.2 Å². The number of ether oxygens (including phenoxy) is 5. The van der Waals surface area contributed by atoms with Crippen LogP contribution in [0.2, 0.25) is 0 Å². The molecular formula is C38H49N3O11. The number of carbonyl (C=O) groups is 6. The highest BCUT2D eigenvalue weighted by Gasteiger charge is 2.31. The van der Waals surface area contributed by atoms with Crippen molar-refractivity contribution >= 4 is 35.8 Å². The quantitative estimate of drug-likeness (QED) is 0.130. The molecule has 0 radical (unpaired) electrons. The summed E-state index contributed by atoms with van der Waals surface area (Å²) in [4.78, 5) is 77.7. The van der Waals surface area contributed by atoms with E-state index in [9.17, 15) is 28.8 Å². The molecule has 14 heteroatoms. The van der Waals surface area contributed by atoms with E-state index in [1.54, 1.807) is 45.0 Å². The van der Waals surface area contributed by atoms with Crippen molar-refractivity contribution in [3.05, 3.63) is 71.8 Å². The van der Waals surface area contributed by atoms with Crippen molar-refractivity contribution in [2.24, 2.45) is 17.6 Å². The summed E-state index contributed by atoms with van der Waals surface area (Å²) in [5, 5.41) is 2.71. The summed E-state index contributed by atoms with van der Waals surface area (Å²) in [7, 11) is 0. The predicted molar refractivity (Wildman–Crippen MR) is 189 cm³/mol. The lowest BCUT2D eigenvalue weighted by molar-refractivity contribution is -0.172. The third-order valence-electron chi connectivity index (χ3n) is 8.12. The maximum Gasteiger partial charge on any atom is 0.511 e. The fraction of sp³-hybridized carbons (Fsp3) is 0.474. The van der Waals surface area contributed by atoms with Crippen LogP contribution in [-0.2, 0) is 39.8 Å². The molecule has 3 N–H and O–H groups in total. The van der Waals surface area contributed by atoms with Gasteiger partial charge in [0.15, 0.2) is 5.78 Å².